The molecule has 6 nitrogen and oxygen atoms in total. The number of anilines is 2. The van der Waals surface area contributed by atoms with Gasteiger partial charge in [-0.2, -0.15) is 0 Å². The van der Waals surface area contributed by atoms with Crippen molar-refractivity contribution in [2.45, 2.75) is 38.1 Å². The van der Waals surface area contributed by atoms with E-state index < -0.39 is 11.8 Å². The van der Waals surface area contributed by atoms with Gasteiger partial charge < -0.3 is 10.2 Å². The lowest BCUT2D eigenvalue weighted by Crippen LogP contribution is -2.38. The molecule has 0 radical (unpaired) electrons. The molecule has 0 aromatic heterocycles. The molecule has 2 aromatic carbocycles. The van der Waals surface area contributed by atoms with Gasteiger partial charge in [0.05, 0.1) is 5.69 Å². The van der Waals surface area contributed by atoms with E-state index in [4.69, 9.17) is 34.8 Å². The summed E-state index contributed by atoms with van der Waals surface area (Å²) in [4.78, 5) is 41.5. The van der Waals surface area contributed by atoms with E-state index in [0.717, 1.165) is 30.6 Å². The van der Waals surface area contributed by atoms with Crippen LogP contribution in [0.2, 0.25) is 10.0 Å². The van der Waals surface area contributed by atoms with Gasteiger partial charge in [-0.05, 0) is 49.2 Å². The van der Waals surface area contributed by atoms with E-state index in [-0.39, 0.29) is 38.4 Å². The fraction of sp³-hybridized carbons (Fsp3) is 0.292. The molecule has 3 amide bonds. The van der Waals surface area contributed by atoms with Gasteiger partial charge in [0.2, 0.25) is 0 Å². The van der Waals surface area contributed by atoms with Crippen molar-refractivity contribution in [1.29, 1.82) is 0 Å². The number of rotatable bonds is 5. The highest BCUT2D eigenvalue weighted by Crippen LogP contribution is 2.33. The largest absolute Gasteiger partial charge is 0.350 e. The van der Waals surface area contributed by atoms with E-state index in [1.54, 1.807) is 29.2 Å². The summed E-state index contributed by atoms with van der Waals surface area (Å²) in [6.07, 6.45) is 5.46. The van der Waals surface area contributed by atoms with E-state index in [1.807, 2.05) is 7.05 Å². The van der Waals surface area contributed by atoms with E-state index in [2.05, 4.69) is 5.32 Å². The summed E-state index contributed by atoms with van der Waals surface area (Å²) in [5, 5.41) is 3.22. The maximum atomic E-state index is 13.0. The quantitative estimate of drug-likeness (QED) is 0.518. The molecule has 0 bridgehead atoms. The van der Waals surface area contributed by atoms with Crippen LogP contribution in [0, 0.1) is 0 Å². The molecular weight excluding hydrogens is 485 g/mol. The minimum Gasteiger partial charge on any atom is -0.350 e. The average Bonchev–Trinajstić information content (AvgIpc) is 3.01. The Kier molecular flexibility index (Phi) is 6.98. The molecule has 2 aromatic rings. The lowest BCUT2D eigenvalue weighted by atomic mass is 9.94. The summed E-state index contributed by atoms with van der Waals surface area (Å²) in [5.74, 6) is -1.42. The smallest absolute Gasteiger partial charge is 0.283 e. The zero-order valence-corrected chi connectivity index (χ0v) is 20.2. The number of amides is 3. The Balaban J connectivity index is 1.54. The Labute approximate surface area is 207 Å². The van der Waals surface area contributed by atoms with Gasteiger partial charge in [0.15, 0.2) is 0 Å². The van der Waals surface area contributed by atoms with E-state index >= 15 is 0 Å². The van der Waals surface area contributed by atoms with Gasteiger partial charge in [-0.15, -0.1) is 0 Å². The van der Waals surface area contributed by atoms with Crippen LogP contribution in [0.15, 0.2) is 53.2 Å². The normalized spacial score (nSPS) is 17.0. The summed E-state index contributed by atoms with van der Waals surface area (Å²) in [7, 11) is 1.82. The molecule has 0 spiro atoms. The predicted octanol–water partition coefficient (Wildman–Crippen LogP) is 5.83. The van der Waals surface area contributed by atoms with Crippen LogP contribution < -0.4 is 10.2 Å². The van der Waals surface area contributed by atoms with Crippen LogP contribution in [0.5, 0.6) is 0 Å². The lowest BCUT2D eigenvalue weighted by Gasteiger charge is -2.31. The van der Waals surface area contributed by atoms with Crippen LogP contribution in [-0.2, 0) is 9.59 Å². The van der Waals surface area contributed by atoms with Crippen LogP contribution >= 0.6 is 34.8 Å². The summed E-state index contributed by atoms with van der Waals surface area (Å²) >= 11 is 18.3. The van der Waals surface area contributed by atoms with Crippen molar-refractivity contribution >= 4 is 63.9 Å². The Morgan fingerprint density at radius 2 is 1.64 bits per heavy atom. The van der Waals surface area contributed by atoms with Crippen LogP contribution in [0.3, 0.4) is 0 Å². The zero-order valence-electron chi connectivity index (χ0n) is 17.9. The second-order valence-electron chi connectivity index (χ2n) is 8.18. The lowest BCUT2D eigenvalue weighted by molar-refractivity contribution is -0.120. The Bertz CT molecular complexity index is 1140. The molecule has 1 fully saturated rings. The highest BCUT2D eigenvalue weighted by Gasteiger charge is 2.39. The molecule has 172 valence electrons. The number of carbonyl (C=O) groups is 3. The predicted molar refractivity (Wildman–Crippen MR) is 131 cm³/mol. The van der Waals surface area contributed by atoms with Gasteiger partial charge in [0.25, 0.3) is 17.7 Å². The number of hydrogen-bond donors (Lipinski definition) is 1. The molecule has 4 rings (SSSR count). The van der Waals surface area contributed by atoms with Crippen LogP contribution in [0.1, 0.15) is 42.5 Å². The summed E-state index contributed by atoms with van der Waals surface area (Å²) < 4.78 is 0. The van der Waals surface area contributed by atoms with Crippen molar-refractivity contribution in [3.05, 3.63) is 68.8 Å². The highest BCUT2D eigenvalue weighted by molar-refractivity contribution is 6.53. The van der Waals surface area contributed by atoms with Crippen LogP contribution in [0.4, 0.5) is 11.4 Å². The van der Waals surface area contributed by atoms with E-state index in [0.29, 0.717) is 11.3 Å². The van der Waals surface area contributed by atoms with Gasteiger partial charge in [-0.1, -0.05) is 60.1 Å². The van der Waals surface area contributed by atoms with Gasteiger partial charge >= 0.3 is 0 Å². The van der Waals surface area contributed by atoms with Crippen molar-refractivity contribution in [3.8, 4) is 0 Å². The van der Waals surface area contributed by atoms with Gasteiger partial charge in [0.1, 0.15) is 10.7 Å². The standard InChI is InChI=1S/C24H22Cl3N3O3/c1-29(18-8-3-2-4-9-18)22(31)14-6-5-7-17(10-14)28-21-20(27)23(32)30(24(21)33)19-12-15(25)11-16(26)13-19/h5-7,10-13,18,28H,2-4,8-9H2,1H3. The molecular formula is C24H22Cl3N3O3. The van der Waals surface area contributed by atoms with Gasteiger partial charge in [-0.3, -0.25) is 14.4 Å². The second-order valence-corrected chi connectivity index (χ2v) is 9.43. The van der Waals surface area contributed by atoms with Gasteiger partial charge in [-0.25, -0.2) is 4.90 Å². The maximum Gasteiger partial charge on any atom is 0.283 e. The Morgan fingerprint density at radius 3 is 2.30 bits per heavy atom. The van der Waals surface area contributed by atoms with E-state index in [1.165, 1.54) is 24.6 Å². The van der Waals surface area contributed by atoms with Crippen molar-refractivity contribution < 1.29 is 14.4 Å². The number of nitrogens with one attached hydrogen (secondary N) is 1. The first kappa shape index (κ1) is 23.6. The van der Waals surface area contributed by atoms with Crippen molar-refractivity contribution in [2.24, 2.45) is 0 Å². The fourth-order valence-corrected chi connectivity index (χ4v) is 4.95. The number of imide groups is 1. The van der Waals surface area contributed by atoms with Gasteiger partial charge in [0, 0.05) is 34.4 Å². The number of nitrogens with zero attached hydrogens (tertiary/aromatic N) is 2. The minimum absolute atomic E-state index is 0.0806. The summed E-state index contributed by atoms with van der Waals surface area (Å²) in [6.45, 7) is 0. The molecule has 0 atom stereocenters. The van der Waals surface area contributed by atoms with Crippen molar-refractivity contribution in [2.75, 3.05) is 17.3 Å². The molecule has 0 unspecified atom stereocenters. The second kappa shape index (κ2) is 9.75. The minimum atomic E-state index is -0.688. The average molecular weight is 507 g/mol. The number of hydrogen-bond acceptors (Lipinski definition) is 4. The Morgan fingerprint density at radius 1 is 0.970 bits per heavy atom. The molecule has 1 aliphatic carbocycles. The van der Waals surface area contributed by atoms with Crippen molar-refractivity contribution in [3.63, 3.8) is 0 Å². The monoisotopic (exact) mass is 505 g/mol. The Hall–Kier alpha value is -2.54. The fourth-order valence-electron chi connectivity index (χ4n) is 4.23. The van der Waals surface area contributed by atoms with Crippen LogP contribution in [0.25, 0.3) is 0 Å². The first-order valence-corrected chi connectivity index (χ1v) is 11.8. The zero-order chi connectivity index (χ0) is 23.7. The SMILES string of the molecule is CN(C(=O)c1cccc(NC2=C(Cl)C(=O)N(c3cc(Cl)cc(Cl)c3)C2=O)c1)C1CCCCC1. The molecule has 2 aliphatic rings. The molecule has 1 N–H and O–H groups in total. The molecule has 9 heteroatoms. The summed E-state index contributed by atoms with van der Waals surface area (Å²) in [5.41, 5.74) is 1.09. The number of benzene rings is 2. The topological polar surface area (TPSA) is 69.7 Å². The summed E-state index contributed by atoms with van der Waals surface area (Å²) in [6, 6.07) is 11.4. The number of halogens is 3. The third-order valence-corrected chi connectivity index (χ3v) is 6.74. The molecule has 1 heterocycles. The third kappa shape index (κ3) is 4.88. The number of carbonyl (C=O) groups excluding carboxylic acids is 3. The molecule has 0 saturated heterocycles. The molecule has 33 heavy (non-hydrogen) atoms. The van der Waals surface area contributed by atoms with Crippen molar-refractivity contribution in [1.82, 2.24) is 4.90 Å². The van der Waals surface area contributed by atoms with E-state index in [9.17, 15) is 14.4 Å². The highest BCUT2D eigenvalue weighted by atomic mass is 35.5. The first-order valence-electron chi connectivity index (χ1n) is 10.6. The first-order chi connectivity index (χ1) is 15.8. The molecule has 1 aliphatic heterocycles. The van der Waals surface area contributed by atoms with Crippen LogP contribution in [-0.4, -0.2) is 35.7 Å². The molecule has 1 saturated carbocycles. The third-order valence-electron chi connectivity index (χ3n) is 5.95. The maximum absolute atomic E-state index is 13.0.